The van der Waals surface area contributed by atoms with Crippen molar-refractivity contribution < 1.29 is 0 Å². The van der Waals surface area contributed by atoms with Gasteiger partial charge >= 0.3 is 0 Å². The van der Waals surface area contributed by atoms with Gasteiger partial charge in [0.2, 0.25) is 0 Å². The van der Waals surface area contributed by atoms with Gasteiger partial charge in [0.25, 0.3) is 0 Å². The number of fused-ring (bicyclic) bond motifs is 1. The minimum Gasteiger partial charge on any atom is -0.396 e. The van der Waals surface area contributed by atoms with Crippen LogP contribution < -0.4 is 11.5 Å². The van der Waals surface area contributed by atoms with Crippen molar-refractivity contribution in [3.05, 3.63) is 30.2 Å². The van der Waals surface area contributed by atoms with E-state index in [0.717, 1.165) is 11.3 Å². The second-order valence-corrected chi connectivity index (χ2v) is 4.77. The Morgan fingerprint density at radius 2 is 2.24 bits per heavy atom. The summed E-state index contributed by atoms with van der Waals surface area (Å²) in [6, 6.07) is 3.70. The summed E-state index contributed by atoms with van der Waals surface area (Å²) >= 11 is 0. The fourth-order valence-electron chi connectivity index (χ4n) is 1.49. The molecule has 17 heavy (non-hydrogen) atoms. The van der Waals surface area contributed by atoms with Gasteiger partial charge in [0.1, 0.15) is 5.69 Å². The molecule has 0 aliphatic carbocycles. The van der Waals surface area contributed by atoms with Crippen LogP contribution in [-0.2, 0) is 0 Å². The Bertz CT molecular complexity index is 593. The molecule has 0 amide bonds. The predicted molar refractivity (Wildman–Crippen MR) is 69.4 cm³/mol. The van der Waals surface area contributed by atoms with Crippen LogP contribution in [0.2, 0.25) is 0 Å². The van der Waals surface area contributed by atoms with Crippen molar-refractivity contribution in [1.82, 2.24) is 9.38 Å². The lowest BCUT2D eigenvalue weighted by atomic mass is 10.0. The Morgan fingerprint density at radius 3 is 2.94 bits per heavy atom. The number of nitrogens with zero attached hydrogens (tertiary/aromatic N) is 2. The summed E-state index contributed by atoms with van der Waals surface area (Å²) < 4.78 is 1.88. The van der Waals surface area contributed by atoms with E-state index in [9.17, 15) is 0 Å². The predicted octanol–water partition coefficient (Wildman–Crippen LogP) is 1.40. The van der Waals surface area contributed by atoms with E-state index in [1.165, 1.54) is 0 Å². The maximum atomic E-state index is 5.87. The van der Waals surface area contributed by atoms with Gasteiger partial charge in [0.05, 0.1) is 11.9 Å². The molecule has 0 unspecified atom stereocenters. The van der Waals surface area contributed by atoms with Crippen LogP contribution >= 0.6 is 0 Å². The Hall–Kier alpha value is -1.99. The van der Waals surface area contributed by atoms with Gasteiger partial charge in [-0.15, -0.1) is 0 Å². The summed E-state index contributed by atoms with van der Waals surface area (Å²) in [5.74, 6) is 6.13. The van der Waals surface area contributed by atoms with Gasteiger partial charge in [-0.05, 0) is 31.9 Å². The number of nitrogen functional groups attached to an aromatic ring is 1. The van der Waals surface area contributed by atoms with Crippen molar-refractivity contribution in [3.63, 3.8) is 0 Å². The largest absolute Gasteiger partial charge is 0.396 e. The van der Waals surface area contributed by atoms with E-state index in [4.69, 9.17) is 11.5 Å². The summed E-state index contributed by atoms with van der Waals surface area (Å²) in [7, 11) is 0. The maximum Gasteiger partial charge on any atom is 0.161 e. The van der Waals surface area contributed by atoms with Crippen LogP contribution in [0.4, 0.5) is 5.69 Å². The highest BCUT2D eigenvalue weighted by Crippen LogP contribution is 2.12. The number of rotatable bonds is 1. The molecule has 2 rings (SSSR count). The summed E-state index contributed by atoms with van der Waals surface area (Å²) in [5, 5.41) is 0. The molecule has 2 heterocycles. The molecular weight excluding hydrogens is 212 g/mol. The van der Waals surface area contributed by atoms with E-state index < -0.39 is 0 Å². The Morgan fingerprint density at radius 1 is 1.47 bits per heavy atom. The zero-order valence-corrected chi connectivity index (χ0v) is 10.1. The van der Waals surface area contributed by atoms with Crippen LogP contribution in [0.1, 0.15) is 26.0 Å². The molecule has 0 atom stereocenters. The number of nitrogens with two attached hydrogens (primary N) is 2. The number of imidazole rings is 1. The molecule has 0 aromatic carbocycles. The lowest BCUT2D eigenvalue weighted by Crippen LogP contribution is -2.30. The maximum absolute atomic E-state index is 5.87. The highest BCUT2D eigenvalue weighted by atomic mass is 15.0. The second kappa shape index (κ2) is 4.11. The van der Waals surface area contributed by atoms with E-state index in [1.807, 2.05) is 36.6 Å². The number of anilines is 1. The normalized spacial score (nSPS) is 11.2. The van der Waals surface area contributed by atoms with Crippen molar-refractivity contribution in [2.45, 2.75) is 25.8 Å². The van der Waals surface area contributed by atoms with Crippen molar-refractivity contribution in [1.29, 1.82) is 0 Å². The zero-order chi connectivity index (χ0) is 12.5. The first kappa shape index (κ1) is 11.5. The molecule has 0 radical (unpaired) electrons. The highest BCUT2D eigenvalue weighted by molar-refractivity contribution is 5.65. The van der Waals surface area contributed by atoms with Crippen molar-refractivity contribution in [2.24, 2.45) is 5.73 Å². The smallest absolute Gasteiger partial charge is 0.161 e. The Kier molecular flexibility index (Phi) is 2.78. The zero-order valence-electron chi connectivity index (χ0n) is 10.1. The van der Waals surface area contributed by atoms with Crippen LogP contribution in [0.5, 0.6) is 0 Å². The molecular formula is C13H16N4. The lowest BCUT2D eigenvalue weighted by molar-refractivity contribution is 0.536. The quantitative estimate of drug-likeness (QED) is 0.725. The van der Waals surface area contributed by atoms with Gasteiger partial charge in [-0.25, -0.2) is 4.98 Å². The van der Waals surface area contributed by atoms with E-state index >= 15 is 0 Å². The first-order valence-corrected chi connectivity index (χ1v) is 5.47. The second-order valence-electron chi connectivity index (χ2n) is 4.77. The van der Waals surface area contributed by atoms with Crippen molar-refractivity contribution >= 4 is 11.3 Å². The summed E-state index contributed by atoms with van der Waals surface area (Å²) in [6.45, 7) is 3.91. The van der Waals surface area contributed by atoms with E-state index in [-0.39, 0.29) is 5.54 Å². The molecule has 88 valence electrons. The van der Waals surface area contributed by atoms with Crippen molar-refractivity contribution in [2.75, 3.05) is 5.73 Å². The number of pyridine rings is 1. The highest BCUT2D eigenvalue weighted by Gasteiger charge is 2.07. The van der Waals surface area contributed by atoms with Gasteiger partial charge < -0.3 is 11.5 Å². The molecule has 4 N–H and O–H groups in total. The monoisotopic (exact) mass is 228 g/mol. The molecule has 0 bridgehead atoms. The summed E-state index contributed by atoms with van der Waals surface area (Å²) in [5.41, 5.74) is 13.6. The minimum absolute atomic E-state index is 0.271. The van der Waals surface area contributed by atoms with Gasteiger partial charge in [0, 0.05) is 18.2 Å². The van der Waals surface area contributed by atoms with Crippen LogP contribution in [0, 0.1) is 11.8 Å². The van der Waals surface area contributed by atoms with Crippen LogP contribution in [0.3, 0.4) is 0 Å². The topological polar surface area (TPSA) is 69.3 Å². The molecule has 0 saturated heterocycles. The molecule has 2 aromatic rings. The molecule has 0 aliphatic rings. The van der Waals surface area contributed by atoms with Crippen LogP contribution in [0.25, 0.3) is 5.65 Å². The van der Waals surface area contributed by atoms with Crippen molar-refractivity contribution in [3.8, 4) is 11.8 Å². The van der Waals surface area contributed by atoms with Gasteiger partial charge in [-0.2, -0.15) is 0 Å². The van der Waals surface area contributed by atoms with E-state index in [1.54, 1.807) is 6.20 Å². The first-order valence-electron chi connectivity index (χ1n) is 5.47. The fraction of sp³-hybridized carbons (Fsp3) is 0.308. The third kappa shape index (κ3) is 2.58. The fourth-order valence-corrected chi connectivity index (χ4v) is 1.49. The first-order chi connectivity index (χ1) is 7.97. The molecule has 0 spiro atoms. The average molecular weight is 228 g/mol. The van der Waals surface area contributed by atoms with Gasteiger partial charge in [0.15, 0.2) is 5.65 Å². The lowest BCUT2D eigenvalue weighted by Gasteiger charge is -2.12. The van der Waals surface area contributed by atoms with Crippen LogP contribution in [-0.4, -0.2) is 14.9 Å². The molecule has 0 fully saturated rings. The molecule has 0 aliphatic heterocycles. The summed E-state index contributed by atoms with van der Waals surface area (Å²) in [6.07, 6.45) is 4.26. The number of hydrogen-bond acceptors (Lipinski definition) is 3. The number of aromatic nitrogens is 2. The SMILES string of the molecule is CC(C)(N)CC#Cc1cnc2c(N)cccn12. The third-order valence-electron chi connectivity index (χ3n) is 2.33. The van der Waals surface area contributed by atoms with E-state index in [2.05, 4.69) is 16.8 Å². The van der Waals surface area contributed by atoms with E-state index in [0.29, 0.717) is 12.1 Å². The molecule has 4 nitrogen and oxygen atoms in total. The molecule has 4 heteroatoms. The Balaban J connectivity index is 2.34. The summed E-state index contributed by atoms with van der Waals surface area (Å²) in [4.78, 5) is 4.24. The average Bonchev–Trinajstić information content (AvgIpc) is 2.61. The number of hydrogen-bond donors (Lipinski definition) is 2. The standard InChI is InChI=1S/C13H16N4/c1-13(2,15)7-3-5-10-9-16-12-11(14)6-4-8-17(10)12/h4,6,8-9H,7,14-15H2,1-2H3. The van der Waals surface area contributed by atoms with Gasteiger partial charge in [-0.3, -0.25) is 4.40 Å². The third-order valence-corrected chi connectivity index (χ3v) is 2.33. The minimum atomic E-state index is -0.271. The Labute approximate surface area is 101 Å². The molecule has 2 aromatic heterocycles. The van der Waals surface area contributed by atoms with Gasteiger partial charge in [-0.1, -0.05) is 5.92 Å². The molecule has 0 saturated carbocycles. The van der Waals surface area contributed by atoms with Crippen LogP contribution in [0.15, 0.2) is 24.5 Å².